The van der Waals surface area contributed by atoms with Crippen molar-refractivity contribution >= 4 is 23.5 Å². The lowest BCUT2D eigenvalue weighted by Gasteiger charge is -2.15. The zero-order valence-corrected chi connectivity index (χ0v) is 14.2. The van der Waals surface area contributed by atoms with Crippen LogP contribution in [0.2, 0.25) is 5.02 Å². The van der Waals surface area contributed by atoms with Gasteiger partial charge in [0.25, 0.3) is 5.91 Å². The summed E-state index contributed by atoms with van der Waals surface area (Å²) in [6, 6.07) is 11.6. The third-order valence-corrected chi connectivity index (χ3v) is 4.04. The lowest BCUT2D eigenvalue weighted by atomic mass is 10.1. The summed E-state index contributed by atoms with van der Waals surface area (Å²) < 4.78 is 15.4. The van der Waals surface area contributed by atoms with Crippen molar-refractivity contribution in [2.75, 3.05) is 13.4 Å². The van der Waals surface area contributed by atoms with Crippen LogP contribution in [-0.4, -0.2) is 25.3 Å². The van der Waals surface area contributed by atoms with Crippen LogP contribution in [0.4, 0.5) is 0 Å². The molecule has 0 aliphatic carbocycles. The van der Waals surface area contributed by atoms with Gasteiger partial charge in [-0.15, -0.1) is 0 Å². The van der Waals surface area contributed by atoms with E-state index in [1.807, 2.05) is 18.2 Å². The summed E-state index contributed by atoms with van der Waals surface area (Å²) >= 11 is 6.10. The van der Waals surface area contributed by atoms with Crippen molar-refractivity contribution in [3.05, 3.63) is 58.6 Å². The van der Waals surface area contributed by atoms with E-state index in [1.165, 1.54) is 6.07 Å². The summed E-state index contributed by atoms with van der Waals surface area (Å²) in [5.41, 5.74) is 1.08. The van der Waals surface area contributed by atoms with Crippen molar-refractivity contribution in [3.63, 3.8) is 0 Å². The number of ether oxygens (including phenoxy) is 3. The third kappa shape index (κ3) is 4.03. The molecular formula is C18H16ClNO5. The van der Waals surface area contributed by atoms with Gasteiger partial charge in [0.15, 0.2) is 18.1 Å². The van der Waals surface area contributed by atoms with Gasteiger partial charge in [0.2, 0.25) is 6.79 Å². The summed E-state index contributed by atoms with van der Waals surface area (Å²) in [6.07, 6.45) is 0. The number of fused-ring (bicyclic) bond motifs is 1. The number of halogens is 1. The van der Waals surface area contributed by atoms with Crippen LogP contribution in [0.15, 0.2) is 42.5 Å². The Morgan fingerprint density at radius 3 is 2.76 bits per heavy atom. The minimum absolute atomic E-state index is 0.121. The number of benzene rings is 2. The molecule has 130 valence electrons. The van der Waals surface area contributed by atoms with E-state index < -0.39 is 11.9 Å². The second kappa shape index (κ2) is 7.44. The van der Waals surface area contributed by atoms with Gasteiger partial charge in [-0.25, -0.2) is 4.79 Å². The first kappa shape index (κ1) is 17.1. The highest BCUT2D eigenvalue weighted by atomic mass is 35.5. The Morgan fingerprint density at radius 1 is 1.20 bits per heavy atom. The van der Waals surface area contributed by atoms with Gasteiger partial charge in [0.05, 0.1) is 11.6 Å². The lowest BCUT2D eigenvalue weighted by molar-refractivity contribution is -0.124. The molecule has 1 heterocycles. The molecule has 1 aliphatic rings. The Morgan fingerprint density at radius 2 is 1.96 bits per heavy atom. The quantitative estimate of drug-likeness (QED) is 0.828. The van der Waals surface area contributed by atoms with Crippen molar-refractivity contribution < 1.29 is 23.8 Å². The van der Waals surface area contributed by atoms with Gasteiger partial charge in [-0.1, -0.05) is 29.8 Å². The lowest BCUT2D eigenvalue weighted by Crippen LogP contribution is -2.31. The normalized spacial score (nSPS) is 13.2. The molecule has 0 spiro atoms. The van der Waals surface area contributed by atoms with E-state index in [2.05, 4.69) is 5.32 Å². The molecule has 0 unspecified atom stereocenters. The standard InChI is InChI=1S/C18H16ClNO5/c1-11(13-4-2-3-5-14(13)19)20-17(21)9-23-18(22)12-6-7-15-16(8-12)25-10-24-15/h2-8,11H,9-10H2,1H3,(H,20,21)/t11-/m1/s1. The van der Waals surface area contributed by atoms with E-state index in [9.17, 15) is 9.59 Å². The van der Waals surface area contributed by atoms with Gasteiger partial charge in [0.1, 0.15) is 0 Å². The molecule has 2 aromatic rings. The fraction of sp³-hybridized carbons (Fsp3) is 0.222. The maximum absolute atomic E-state index is 12.0. The minimum Gasteiger partial charge on any atom is -0.454 e. The summed E-state index contributed by atoms with van der Waals surface area (Å²) in [4.78, 5) is 24.0. The zero-order chi connectivity index (χ0) is 17.8. The molecule has 0 fully saturated rings. The molecule has 1 aliphatic heterocycles. The molecule has 2 aromatic carbocycles. The Bertz CT molecular complexity index is 808. The molecule has 0 bridgehead atoms. The highest BCUT2D eigenvalue weighted by Crippen LogP contribution is 2.32. The van der Waals surface area contributed by atoms with Gasteiger partial charge >= 0.3 is 5.97 Å². The molecule has 0 saturated heterocycles. The van der Waals surface area contributed by atoms with Crippen LogP contribution >= 0.6 is 11.6 Å². The van der Waals surface area contributed by atoms with Crippen molar-refractivity contribution in [2.24, 2.45) is 0 Å². The first-order valence-corrected chi connectivity index (χ1v) is 8.03. The van der Waals surface area contributed by atoms with Crippen molar-refractivity contribution in [2.45, 2.75) is 13.0 Å². The predicted octanol–water partition coefficient (Wildman–Crippen LogP) is 3.10. The fourth-order valence-corrected chi connectivity index (χ4v) is 2.72. The topological polar surface area (TPSA) is 73.9 Å². The molecule has 25 heavy (non-hydrogen) atoms. The van der Waals surface area contributed by atoms with Crippen molar-refractivity contribution in [3.8, 4) is 11.5 Å². The number of nitrogens with one attached hydrogen (secondary N) is 1. The summed E-state index contributed by atoms with van der Waals surface area (Å²) in [7, 11) is 0. The highest BCUT2D eigenvalue weighted by molar-refractivity contribution is 6.31. The number of hydrogen-bond acceptors (Lipinski definition) is 5. The second-order valence-electron chi connectivity index (χ2n) is 5.45. The fourth-order valence-electron chi connectivity index (χ4n) is 2.43. The van der Waals surface area contributed by atoms with Crippen LogP contribution < -0.4 is 14.8 Å². The van der Waals surface area contributed by atoms with E-state index in [1.54, 1.807) is 25.1 Å². The molecule has 6 nitrogen and oxygen atoms in total. The largest absolute Gasteiger partial charge is 0.454 e. The predicted molar refractivity (Wildman–Crippen MR) is 90.9 cm³/mol. The first-order valence-electron chi connectivity index (χ1n) is 7.65. The molecular weight excluding hydrogens is 346 g/mol. The van der Waals surface area contributed by atoms with E-state index >= 15 is 0 Å². The van der Waals surface area contributed by atoms with Gasteiger partial charge in [-0.2, -0.15) is 0 Å². The Hall–Kier alpha value is -2.73. The maximum atomic E-state index is 12.0. The molecule has 0 radical (unpaired) electrons. The van der Waals surface area contributed by atoms with Gasteiger partial charge in [-0.05, 0) is 36.8 Å². The SMILES string of the molecule is C[C@@H](NC(=O)COC(=O)c1ccc2c(c1)OCO2)c1ccccc1Cl. The number of hydrogen-bond donors (Lipinski definition) is 1. The van der Waals surface area contributed by atoms with Crippen LogP contribution in [0.3, 0.4) is 0 Å². The van der Waals surface area contributed by atoms with E-state index in [0.29, 0.717) is 16.5 Å². The Kier molecular flexibility index (Phi) is 5.09. The van der Waals surface area contributed by atoms with Crippen LogP contribution in [0, 0.1) is 0 Å². The second-order valence-corrected chi connectivity index (χ2v) is 5.86. The number of esters is 1. The molecule has 1 amide bonds. The highest BCUT2D eigenvalue weighted by Gasteiger charge is 2.18. The van der Waals surface area contributed by atoms with E-state index in [0.717, 1.165) is 5.56 Å². The number of carbonyl (C=O) groups excluding carboxylic acids is 2. The van der Waals surface area contributed by atoms with Crippen molar-refractivity contribution in [1.82, 2.24) is 5.32 Å². The van der Waals surface area contributed by atoms with Crippen LogP contribution in [0.25, 0.3) is 0 Å². The van der Waals surface area contributed by atoms with Gasteiger partial charge in [-0.3, -0.25) is 4.79 Å². The first-order chi connectivity index (χ1) is 12.0. The van der Waals surface area contributed by atoms with E-state index in [-0.39, 0.29) is 25.0 Å². The molecule has 1 atom stereocenters. The molecule has 1 N–H and O–H groups in total. The van der Waals surface area contributed by atoms with Gasteiger partial charge in [0, 0.05) is 5.02 Å². The summed E-state index contributed by atoms with van der Waals surface area (Å²) in [6.45, 7) is 1.54. The third-order valence-electron chi connectivity index (χ3n) is 3.69. The monoisotopic (exact) mass is 361 g/mol. The average molecular weight is 362 g/mol. The molecule has 0 saturated carbocycles. The molecule has 3 rings (SSSR count). The van der Waals surface area contributed by atoms with Crippen LogP contribution in [0.1, 0.15) is 28.9 Å². The van der Waals surface area contributed by atoms with Crippen LogP contribution in [-0.2, 0) is 9.53 Å². The van der Waals surface area contributed by atoms with Crippen molar-refractivity contribution in [1.29, 1.82) is 0 Å². The van der Waals surface area contributed by atoms with Gasteiger partial charge < -0.3 is 19.5 Å². The average Bonchev–Trinajstić information content (AvgIpc) is 3.07. The zero-order valence-electron chi connectivity index (χ0n) is 13.5. The number of amides is 1. The smallest absolute Gasteiger partial charge is 0.338 e. The molecule has 7 heteroatoms. The number of carbonyl (C=O) groups is 2. The Balaban J connectivity index is 1.53. The van der Waals surface area contributed by atoms with E-state index in [4.69, 9.17) is 25.8 Å². The summed E-state index contributed by atoms with van der Waals surface area (Å²) in [5.74, 6) is 0.0226. The summed E-state index contributed by atoms with van der Waals surface area (Å²) in [5, 5.41) is 3.30. The number of rotatable bonds is 5. The molecule has 0 aromatic heterocycles. The maximum Gasteiger partial charge on any atom is 0.338 e. The Labute approximate surface area is 149 Å². The van der Waals surface area contributed by atoms with Crippen LogP contribution in [0.5, 0.6) is 11.5 Å². The minimum atomic E-state index is -0.612.